The predicted molar refractivity (Wildman–Crippen MR) is 85.5 cm³/mol. The third-order valence-electron chi connectivity index (χ3n) is 6.01. The molecule has 0 radical (unpaired) electrons. The molecule has 116 valence electrons. The summed E-state index contributed by atoms with van der Waals surface area (Å²) in [5, 5.41) is 0. The van der Waals surface area contributed by atoms with Crippen LogP contribution in [-0.2, 0) is 19.7 Å². The molecule has 4 atom stereocenters. The van der Waals surface area contributed by atoms with Crippen LogP contribution in [0.5, 0.6) is 0 Å². The van der Waals surface area contributed by atoms with Crippen molar-refractivity contribution in [3.05, 3.63) is 70.8 Å². The fourth-order valence-corrected chi connectivity index (χ4v) is 5.23. The Morgan fingerprint density at radius 1 is 1.04 bits per heavy atom. The second-order valence-electron chi connectivity index (χ2n) is 6.81. The summed E-state index contributed by atoms with van der Waals surface area (Å²) in [7, 11) is 1.40. The van der Waals surface area contributed by atoms with Gasteiger partial charge in [-0.1, -0.05) is 48.5 Å². The first-order valence-electron chi connectivity index (χ1n) is 8.12. The van der Waals surface area contributed by atoms with Crippen molar-refractivity contribution in [3.63, 3.8) is 0 Å². The number of hydrogen-bond acceptors (Lipinski definition) is 3. The monoisotopic (exact) mass is 306 g/mol. The van der Waals surface area contributed by atoms with Crippen LogP contribution in [0.4, 0.5) is 0 Å². The highest BCUT2D eigenvalue weighted by atomic mass is 16.6. The number of benzene rings is 2. The molecule has 0 bridgehead atoms. The van der Waals surface area contributed by atoms with E-state index in [1.54, 1.807) is 0 Å². The molecule has 0 heterocycles. The Bertz CT molecular complexity index is 812. The molecule has 1 saturated carbocycles. The van der Waals surface area contributed by atoms with Crippen molar-refractivity contribution in [1.29, 1.82) is 0 Å². The van der Waals surface area contributed by atoms with E-state index in [4.69, 9.17) is 4.74 Å². The predicted octanol–water partition coefficient (Wildman–Crippen LogP) is 2.99. The number of carbonyl (C=O) groups excluding carboxylic acids is 1. The van der Waals surface area contributed by atoms with Gasteiger partial charge in [0.05, 0.1) is 13.7 Å². The van der Waals surface area contributed by atoms with E-state index in [1.165, 1.54) is 29.4 Å². The van der Waals surface area contributed by atoms with Crippen LogP contribution in [0.25, 0.3) is 0 Å². The third-order valence-corrected chi connectivity index (χ3v) is 6.01. The molecule has 3 aliphatic carbocycles. The largest absolute Gasteiger partial charge is 0.467 e. The molecule has 0 amide bonds. The standard InChI is InChI=1S/C20H18O3/c1-22-16(21)10-23-11-20-15-9-5-4-8-14(15)17-12-6-2-3-7-13(12)18(20)19(17)20/h2-9,17-19H,10-11H2,1H3. The summed E-state index contributed by atoms with van der Waals surface area (Å²) in [6.07, 6.45) is 0. The first-order valence-corrected chi connectivity index (χ1v) is 8.12. The second kappa shape index (κ2) is 4.45. The summed E-state index contributed by atoms with van der Waals surface area (Å²) < 4.78 is 10.5. The Balaban J connectivity index is 1.55. The fourth-order valence-electron chi connectivity index (χ4n) is 5.23. The van der Waals surface area contributed by atoms with E-state index in [0.717, 1.165) is 0 Å². The van der Waals surface area contributed by atoms with Crippen LogP contribution in [0.1, 0.15) is 34.1 Å². The van der Waals surface area contributed by atoms with Crippen molar-refractivity contribution in [3.8, 4) is 0 Å². The summed E-state index contributed by atoms with van der Waals surface area (Å²) >= 11 is 0. The van der Waals surface area contributed by atoms with Gasteiger partial charge in [0.2, 0.25) is 0 Å². The van der Waals surface area contributed by atoms with Gasteiger partial charge in [-0.05, 0) is 28.2 Å². The van der Waals surface area contributed by atoms with E-state index >= 15 is 0 Å². The minimum absolute atomic E-state index is 0.0339. The minimum atomic E-state index is -0.310. The third kappa shape index (κ3) is 1.51. The Kier molecular flexibility index (Phi) is 2.58. The Morgan fingerprint density at radius 3 is 2.52 bits per heavy atom. The van der Waals surface area contributed by atoms with Crippen molar-refractivity contribution in [2.24, 2.45) is 5.92 Å². The van der Waals surface area contributed by atoms with E-state index in [2.05, 4.69) is 53.3 Å². The number of rotatable bonds is 4. The van der Waals surface area contributed by atoms with Crippen molar-refractivity contribution in [2.45, 2.75) is 17.3 Å². The molecule has 0 aromatic heterocycles. The van der Waals surface area contributed by atoms with Gasteiger partial charge in [0.1, 0.15) is 6.61 Å². The molecule has 4 unspecified atom stereocenters. The molecular weight excluding hydrogens is 288 g/mol. The molecule has 3 aliphatic rings. The van der Waals surface area contributed by atoms with Crippen molar-refractivity contribution < 1.29 is 14.3 Å². The Morgan fingerprint density at radius 2 is 1.74 bits per heavy atom. The lowest BCUT2D eigenvalue weighted by Gasteiger charge is -2.18. The number of methoxy groups -OCH3 is 1. The topological polar surface area (TPSA) is 35.5 Å². The van der Waals surface area contributed by atoms with Gasteiger partial charge >= 0.3 is 5.97 Å². The highest BCUT2D eigenvalue weighted by molar-refractivity contribution is 5.71. The second-order valence-corrected chi connectivity index (χ2v) is 6.81. The SMILES string of the molecule is COC(=O)COCC12c3ccccc3C3c4ccccc4C1C32. The summed E-state index contributed by atoms with van der Waals surface area (Å²) in [6.45, 7) is 0.630. The molecular formula is C20H18O3. The van der Waals surface area contributed by atoms with E-state index < -0.39 is 0 Å². The van der Waals surface area contributed by atoms with Crippen LogP contribution in [0, 0.1) is 5.92 Å². The normalized spacial score (nSPS) is 31.3. The van der Waals surface area contributed by atoms with Crippen molar-refractivity contribution in [2.75, 3.05) is 20.3 Å². The zero-order chi connectivity index (χ0) is 15.6. The quantitative estimate of drug-likeness (QED) is 0.815. The lowest BCUT2D eigenvalue weighted by Crippen LogP contribution is -2.22. The van der Waals surface area contributed by atoms with E-state index in [1.807, 2.05) is 0 Å². The molecule has 0 aliphatic heterocycles. The molecule has 3 heteroatoms. The maximum Gasteiger partial charge on any atom is 0.331 e. The highest BCUT2D eigenvalue weighted by Crippen LogP contribution is 2.81. The summed E-state index contributed by atoms with van der Waals surface area (Å²) in [4.78, 5) is 11.4. The molecule has 0 spiro atoms. The van der Waals surface area contributed by atoms with Gasteiger partial charge < -0.3 is 9.47 Å². The average molecular weight is 306 g/mol. The zero-order valence-electron chi connectivity index (χ0n) is 13.0. The van der Waals surface area contributed by atoms with Gasteiger partial charge in [-0.3, -0.25) is 0 Å². The maximum atomic E-state index is 11.4. The molecule has 2 aromatic rings. The van der Waals surface area contributed by atoms with Gasteiger partial charge in [-0.25, -0.2) is 4.79 Å². The molecule has 3 nitrogen and oxygen atoms in total. The number of esters is 1. The molecule has 23 heavy (non-hydrogen) atoms. The summed E-state index contributed by atoms with van der Waals surface area (Å²) in [5.74, 6) is 1.32. The smallest absolute Gasteiger partial charge is 0.331 e. The molecule has 1 fully saturated rings. The van der Waals surface area contributed by atoms with Crippen LogP contribution in [-0.4, -0.2) is 26.3 Å². The Labute approximate surface area is 135 Å². The molecule has 2 aromatic carbocycles. The van der Waals surface area contributed by atoms with Gasteiger partial charge in [0.25, 0.3) is 0 Å². The number of hydrogen-bond donors (Lipinski definition) is 0. The number of ether oxygens (including phenoxy) is 2. The lowest BCUT2D eigenvalue weighted by molar-refractivity contribution is -0.146. The summed E-state index contributed by atoms with van der Waals surface area (Å²) in [6, 6.07) is 17.6. The van der Waals surface area contributed by atoms with Crippen LogP contribution in [0.3, 0.4) is 0 Å². The van der Waals surface area contributed by atoms with Gasteiger partial charge in [-0.15, -0.1) is 0 Å². The number of fused-ring (bicyclic) bond motifs is 7. The minimum Gasteiger partial charge on any atom is -0.467 e. The maximum absolute atomic E-state index is 11.4. The molecule has 5 rings (SSSR count). The molecule has 0 N–H and O–H groups in total. The average Bonchev–Trinajstić information content (AvgIpc) is 3.01. The van der Waals surface area contributed by atoms with Crippen molar-refractivity contribution in [1.82, 2.24) is 0 Å². The Hall–Kier alpha value is -2.13. The van der Waals surface area contributed by atoms with Gasteiger partial charge in [-0.2, -0.15) is 0 Å². The van der Waals surface area contributed by atoms with Crippen molar-refractivity contribution >= 4 is 5.97 Å². The number of carbonyl (C=O) groups is 1. The van der Waals surface area contributed by atoms with Gasteiger partial charge in [0.15, 0.2) is 0 Å². The van der Waals surface area contributed by atoms with E-state index in [-0.39, 0.29) is 18.0 Å². The van der Waals surface area contributed by atoms with E-state index in [0.29, 0.717) is 24.4 Å². The first-order chi connectivity index (χ1) is 11.3. The summed E-state index contributed by atoms with van der Waals surface area (Å²) in [5.41, 5.74) is 5.88. The first kappa shape index (κ1) is 13.3. The van der Waals surface area contributed by atoms with E-state index in [9.17, 15) is 4.79 Å². The van der Waals surface area contributed by atoms with Crippen LogP contribution in [0.15, 0.2) is 48.5 Å². The highest BCUT2D eigenvalue weighted by Gasteiger charge is 2.76. The fraction of sp³-hybridized carbons (Fsp3) is 0.350. The lowest BCUT2D eigenvalue weighted by atomic mass is 9.91. The van der Waals surface area contributed by atoms with Gasteiger partial charge in [0, 0.05) is 17.3 Å². The zero-order valence-corrected chi connectivity index (χ0v) is 13.0. The van der Waals surface area contributed by atoms with Crippen LogP contribution < -0.4 is 0 Å². The molecule has 0 saturated heterocycles. The van der Waals surface area contributed by atoms with Crippen LogP contribution in [0.2, 0.25) is 0 Å². The van der Waals surface area contributed by atoms with Crippen LogP contribution >= 0.6 is 0 Å².